The number of carbonyl (C=O) groups excluding carboxylic acids is 1. The second kappa shape index (κ2) is 9.39. The van der Waals surface area contributed by atoms with Gasteiger partial charge in [0.1, 0.15) is 0 Å². The van der Waals surface area contributed by atoms with E-state index >= 15 is 0 Å². The van der Waals surface area contributed by atoms with Gasteiger partial charge in [0, 0.05) is 22.3 Å². The molecule has 1 heterocycles. The van der Waals surface area contributed by atoms with Crippen molar-refractivity contribution < 1.29 is 4.79 Å². The number of thioether (sulfide) groups is 1. The van der Waals surface area contributed by atoms with Crippen LogP contribution in [0.2, 0.25) is 0 Å². The summed E-state index contributed by atoms with van der Waals surface area (Å²) in [5.41, 5.74) is 5.04. The van der Waals surface area contributed by atoms with E-state index in [4.69, 9.17) is 0 Å². The number of carbonyl (C=O) groups is 1. The Morgan fingerprint density at radius 2 is 1.89 bits per heavy atom. The van der Waals surface area contributed by atoms with Gasteiger partial charge >= 0.3 is 0 Å². The summed E-state index contributed by atoms with van der Waals surface area (Å²) in [6, 6.07) is 17.0. The van der Waals surface area contributed by atoms with Gasteiger partial charge < -0.3 is 5.32 Å². The molecule has 1 aliphatic carbocycles. The minimum absolute atomic E-state index is 0.0417. The van der Waals surface area contributed by atoms with Crippen LogP contribution in [0, 0.1) is 0 Å². The zero-order valence-corrected chi connectivity index (χ0v) is 17.5. The molecule has 1 aliphatic rings. The van der Waals surface area contributed by atoms with E-state index in [0.717, 1.165) is 29.9 Å². The van der Waals surface area contributed by atoms with Crippen LogP contribution < -0.4 is 5.32 Å². The minimum atomic E-state index is 0.0417. The molecule has 3 aromatic rings. The molecule has 1 N–H and O–H groups in total. The van der Waals surface area contributed by atoms with E-state index in [2.05, 4.69) is 40.6 Å². The van der Waals surface area contributed by atoms with E-state index < -0.39 is 0 Å². The highest BCUT2D eigenvalue weighted by molar-refractivity contribution is 7.99. The number of aryl methyl sites for hydroxylation is 2. The average molecular weight is 409 g/mol. The number of hydrogen-bond donors (Lipinski definition) is 1. The van der Waals surface area contributed by atoms with Gasteiger partial charge in [0.05, 0.1) is 5.69 Å². The van der Waals surface area contributed by atoms with Crippen LogP contribution >= 0.6 is 23.1 Å². The molecule has 4 rings (SSSR count). The standard InChI is InChI=1S/C23H24N2OS2/c26-22(11-6-14-27-20-9-2-1-3-10-20)25-23-24-21(16-28-23)19-13-12-17-7-4-5-8-18(17)15-19/h1-3,9-10,12-13,15-16H,4-8,11,14H2,(H,24,25,26). The molecule has 1 amide bonds. The highest BCUT2D eigenvalue weighted by Crippen LogP contribution is 2.29. The Labute approximate surface area is 174 Å². The topological polar surface area (TPSA) is 42.0 Å². The van der Waals surface area contributed by atoms with E-state index in [1.54, 1.807) is 11.8 Å². The van der Waals surface area contributed by atoms with E-state index in [0.29, 0.717) is 11.6 Å². The molecule has 5 heteroatoms. The second-order valence-corrected chi connectivity index (χ2v) is 9.07. The summed E-state index contributed by atoms with van der Waals surface area (Å²) in [7, 11) is 0. The van der Waals surface area contributed by atoms with Crippen LogP contribution in [0.3, 0.4) is 0 Å². The van der Waals surface area contributed by atoms with Crippen molar-refractivity contribution in [3.05, 3.63) is 65.0 Å². The molecule has 0 fully saturated rings. The zero-order chi connectivity index (χ0) is 19.2. The lowest BCUT2D eigenvalue weighted by molar-refractivity contribution is -0.116. The molecule has 0 spiro atoms. The number of amides is 1. The predicted octanol–water partition coefficient (Wildman–Crippen LogP) is 6.20. The second-order valence-electron chi connectivity index (χ2n) is 7.04. The smallest absolute Gasteiger partial charge is 0.226 e. The average Bonchev–Trinajstić information content (AvgIpc) is 3.20. The zero-order valence-electron chi connectivity index (χ0n) is 15.8. The van der Waals surface area contributed by atoms with Crippen LogP contribution in [0.1, 0.15) is 36.8 Å². The molecule has 3 nitrogen and oxygen atoms in total. The molecular formula is C23H24N2OS2. The number of thiazole rings is 1. The molecule has 144 valence electrons. The molecule has 0 bridgehead atoms. The van der Waals surface area contributed by atoms with Gasteiger partial charge in [-0.15, -0.1) is 23.1 Å². The predicted molar refractivity (Wildman–Crippen MR) is 119 cm³/mol. The van der Waals surface area contributed by atoms with Crippen molar-refractivity contribution in [1.82, 2.24) is 4.98 Å². The minimum Gasteiger partial charge on any atom is -0.302 e. The van der Waals surface area contributed by atoms with E-state index in [1.165, 1.54) is 46.6 Å². The monoisotopic (exact) mass is 408 g/mol. The molecule has 1 aromatic heterocycles. The van der Waals surface area contributed by atoms with E-state index in [9.17, 15) is 4.79 Å². The number of nitrogens with one attached hydrogen (secondary N) is 1. The largest absolute Gasteiger partial charge is 0.302 e. The number of fused-ring (bicyclic) bond motifs is 1. The highest BCUT2D eigenvalue weighted by atomic mass is 32.2. The molecule has 28 heavy (non-hydrogen) atoms. The third kappa shape index (κ3) is 5.03. The number of anilines is 1. The van der Waals surface area contributed by atoms with Gasteiger partial charge in [0.25, 0.3) is 0 Å². The Bertz CT molecular complexity index is 937. The van der Waals surface area contributed by atoms with Gasteiger partial charge in [0.2, 0.25) is 5.91 Å². The van der Waals surface area contributed by atoms with Crippen molar-refractivity contribution in [3.8, 4) is 11.3 Å². The fourth-order valence-electron chi connectivity index (χ4n) is 3.48. The van der Waals surface area contributed by atoms with Gasteiger partial charge in [-0.2, -0.15) is 0 Å². The summed E-state index contributed by atoms with van der Waals surface area (Å²) >= 11 is 3.29. The molecular weight excluding hydrogens is 384 g/mol. The van der Waals surface area contributed by atoms with Crippen molar-refractivity contribution >= 4 is 34.1 Å². The molecule has 0 atom stereocenters. The molecule has 2 aromatic carbocycles. The maximum absolute atomic E-state index is 12.2. The molecule has 0 saturated heterocycles. The van der Waals surface area contributed by atoms with Crippen molar-refractivity contribution in [2.45, 2.75) is 43.4 Å². The first-order valence-electron chi connectivity index (χ1n) is 9.83. The van der Waals surface area contributed by atoms with Crippen molar-refractivity contribution in [1.29, 1.82) is 0 Å². The van der Waals surface area contributed by atoms with Crippen molar-refractivity contribution in [3.63, 3.8) is 0 Å². The number of hydrogen-bond acceptors (Lipinski definition) is 4. The Balaban J connectivity index is 1.28. The van der Waals surface area contributed by atoms with Gasteiger partial charge in [0.15, 0.2) is 5.13 Å². The van der Waals surface area contributed by atoms with Crippen LogP contribution in [0.5, 0.6) is 0 Å². The van der Waals surface area contributed by atoms with Crippen LogP contribution in [0.25, 0.3) is 11.3 Å². The Kier molecular flexibility index (Phi) is 6.45. The number of aromatic nitrogens is 1. The van der Waals surface area contributed by atoms with Crippen molar-refractivity contribution in [2.24, 2.45) is 0 Å². The van der Waals surface area contributed by atoms with Gasteiger partial charge in [-0.3, -0.25) is 4.79 Å². The maximum Gasteiger partial charge on any atom is 0.226 e. The van der Waals surface area contributed by atoms with Crippen LogP contribution in [0.15, 0.2) is 58.8 Å². The maximum atomic E-state index is 12.2. The summed E-state index contributed by atoms with van der Waals surface area (Å²) in [6.45, 7) is 0. The lowest BCUT2D eigenvalue weighted by Gasteiger charge is -2.16. The van der Waals surface area contributed by atoms with Crippen LogP contribution in [-0.2, 0) is 17.6 Å². The van der Waals surface area contributed by atoms with Gasteiger partial charge in [-0.25, -0.2) is 4.98 Å². The number of nitrogens with zero attached hydrogens (tertiary/aromatic N) is 1. The van der Waals surface area contributed by atoms with Gasteiger partial charge in [-0.1, -0.05) is 30.3 Å². The van der Waals surface area contributed by atoms with E-state index in [1.807, 2.05) is 23.6 Å². The number of benzene rings is 2. The number of rotatable bonds is 7. The normalized spacial score (nSPS) is 13.1. The molecule has 0 saturated carbocycles. The third-order valence-electron chi connectivity index (χ3n) is 4.95. The lowest BCUT2D eigenvalue weighted by atomic mass is 9.90. The molecule has 0 aliphatic heterocycles. The Morgan fingerprint density at radius 1 is 1.07 bits per heavy atom. The summed E-state index contributed by atoms with van der Waals surface area (Å²) in [5.74, 6) is 0.982. The first kappa shape index (κ1) is 19.2. The lowest BCUT2D eigenvalue weighted by Crippen LogP contribution is -2.11. The SMILES string of the molecule is O=C(CCCSc1ccccc1)Nc1nc(-c2ccc3c(c2)CCCC3)cs1. The van der Waals surface area contributed by atoms with Gasteiger partial charge in [-0.05, 0) is 67.2 Å². The summed E-state index contributed by atoms with van der Waals surface area (Å²) in [4.78, 5) is 18.1. The third-order valence-corrected chi connectivity index (χ3v) is 6.81. The summed E-state index contributed by atoms with van der Waals surface area (Å²) in [6.07, 6.45) is 6.30. The van der Waals surface area contributed by atoms with Crippen LogP contribution in [-0.4, -0.2) is 16.6 Å². The Hall–Kier alpha value is -2.11. The fourth-order valence-corrected chi connectivity index (χ4v) is 5.09. The van der Waals surface area contributed by atoms with Crippen LogP contribution in [0.4, 0.5) is 5.13 Å². The summed E-state index contributed by atoms with van der Waals surface area (Å²) in [5, 5.41) is 5.67. The molecule has 0 radical (unpaired) electrons. The quantitative estimate of drug-likeness (QED) is 0.374. The molecule has 0 unspecified atom stereocenters. The highest BCUT2D eigenvalue weighted by Gasteiger charge is 2.12. The first-order valence-corrected chi connectivity index (χ1v) is 11.7. The first-order chi connectivity index (χ1) is 13.8. The fraction of sp³-hybridized carbons (Fsp3) is 0.304. The van der Waals surface area contributed by atoms with E-state index in [-0.39, 0.29) is 5.91 Å². The summed E-state index contributed by atoms with van der Waals surface area (Å²) < 4.78 is 0. The Morgan fingerprint density at radius 3 is 2.75 bits per heavy atom. The van der Waals surface area contributed by atoms with Crippen molar-refractivity contribution in [2.75, 3.05) is 11.1 Å².